The number of nitrogens with two attached hydrogens (primary N) is 2. The Bertz CT molecular complexity index is 1230. The first kappa shape index (κ1) is 19.5. The van der Waals surface area contributed by atoms with Gasteiger partial charge < -0.3 is 16.2 Å². The molecule has 0 atom stereocenters. The number of anilines is 2. The summed E-state index contributed by atoms with van der Waals surface area (Å²) in [5.74, 6) is 0. The monoisotopic (exact) mass is 411 g/mol. The molecule has 3 heterocycles. The van der Waals surface area contributed by atoms with Gasteiger partial charge in [-0.05, 0) is 47.0 Å². The summed E-state index contributed by atoms with van der Waals surface area (Å²) in [6, 6.07) is 17.9. The first-order chi connectivity index (χ1) is 15.2. The van der Waals surface area contributed by atoms with Crippen LogP contribution in [0.15, 0.2) is 67.0 Å². The lowest BCUT2D eigenvalue weighted by Gasteiger charge is -2.26. The third kappa shape index (κ3) is 3.95. The number of nitrogen functional groups attached to an aromatic ring is 2. The minimum absolute atomic E-state index is 0.666. The highest BCUT2D eigenvalue weighted by Crippen LogP contribution is 2.38. The minimum atomic E-state index is 0.666. The summed E-state index contributed by atoms with van der Waals surface area (Å²) in [7, 11) is 0. The van der Waals surface area contributed by atoms with E-state index in [1.807, 2.05) is 60.9 Å². The summed E-state index contributed by atoms with van der Waals surface area (Å²) in [4.78, 5) is 11.9. The third-order valence-corrected chi connectivity index (χ3v) is 5.70. The molecule has 0 spiro atoms. The molecule has 156 valence electrons. The molecule has 2 aromatic heterocycles. The molecule has 1 saturated heterocycles. The lowest BCUT2D eigenvalue weighted by Crippen LogP contribution is -2.35. The number of rotatable bonds is 4. The maximum Gasteiger partial charge on any atom is 0.0991 e. The maximum absolute atomic E-state index is 6.46. The smallest absolute Gasteiger partial charge is 0.0991 e. The van der Waals surface area contributed by atoms with E-state index >= 15 is 0 Å². The van der Waals surface area contributed by atoms with Gasteiger partial charge in [-0.3, -0.25) is 14.9 Å². The Hall–Kier alpha value is -3.48. The number of ether oxygens (including phenoxy) is 1. The summed E-state index contributed by atoms with van der Waals surface area (Å²) >= 11 is 0. The maximum atomic E-state index is 6.46. The number of morpholine rings is 1. The molecular weight excluding hydrogens is 386 g/mol. The van der Waals surface area contributed by atoms with Gasteiger partial charge in [0, 0.05) is 54.4 Å². The van der Waals surface area contributed by atoms with E-state index < -0.39 is 0 Å². The number of hydrogen-bond donors (Lipinski definition) is 2. The fraction of sp³-hybridized carbons (Fsp3) is 0.200. The molecule has 31 heavy (non-hydrogen) atoms. The predicted octanol–water partition coefficient (Wildman–Crippen LogP) is 3.96. The lowest BCUT2D eigenvalue weighted by molar-refractivity contribution is 0.0341. The van der Waals surface area contributed by atoms with E-state index in [0.29, 0.717) is 11.4 Å². The molecule has 0 radical (unpaired) electrons. The highest BCUT2D eigenvalue weighted by atomic mass is 16.5. The second-order valence-corrected chi connectivity index (χ2v) is 7.86. The van der Waals surface area contributed by atoms with Crippen LogP contribution in [0.3, 0.4) is 0 Å². The molecule has 6 nitrogen and oxygen atoms in total. The van der Waals surface area contributed by atoms with E-state index in [9.17, 15) is 0 Å². The first-order valence-corrected chi connectivity index (χ1v) is 10.5. The van der Waals surface area contributed by atoms with Gasteiger partial charge in [0.15, 0.2) is 0 Å². The lowest BCUT2D eigenvalue weighted by atomic mass is 9.94. The average Bonchev–Trinajstić information content (AvgIpc) is 2.79. The molecule has 1 aliphatic heterocycles. The van der Waals surface area contributed by atoms with Gasteiger partial charge in [-0.2, -0.15) is 0 Å². The Kier molecular flexibility index (Phi) is 5.24. The molecule has 1 aliphatic rings. The van der Waals surface area contributed by atoms with Crippen LogP contribution in [0.5, 0.6) is 0 Å². The fourth-order valence-corrected chi connectivity index (χ4v) is 4.17. The molecule has 0 saturated carbocycles. The number of pyridine rings is 2. The van der Waals surface area contributed by atoms with Crippen molar-refractivity contribution in [3.63, 3.8) is 0 Å². The minimum Gasteiger partial charge on any atom is -0.399 e. The first-order valence-electron chi connectivity index (χ1n) is 10.5. The van der Waals surface area contributed by atoms with E-state index in [4.69, 9.17) is 26.2 Å². The van der Waals surface area contributed by atoms with Crippen molar-refractivity contribution >= 4 is 22.3 Å². The van der Waals surface area contributed by atoms with E-state index in [-0.39, 0.29) is 0 Å². The SMILES string of the molecule is Nc1cccc(-c2cccc(N)c2-c2nccc3cc(CN4CCOCC4)cnc23)c1. The van der Waals surface area contributed by atoms with Gasteiger partial charge in [-0.1, -0.05) is 24.3 Å². The normalized spacial score (nSPS) is 14.7. The Morgan fingerprint density at radius 3 is 2.61 bits per heavy atom. The summed E-state index contributed by atoms with van der Waals surface area (Å²) < 4.78 is 5.45. The Balaban J connectivity index is 1.59. The molecule has 1 fully saturated rings. The van der Waals surface area contributed by atoms with Gasteiger partial charge in [0.25, 0.3) is 0 Å². The summed E-state index contributed by atoms with van der Waals surface area (Å²) in [5, 5.41) is 1.05. The largest absolute Gasteiger partial charge is 0.399 e. The Morgan fingerprint density at radius 2 is 1.77 bits per heavy atom. The fourth-order valence-electron chi connectivity index (χ4n) is 4.17. The predicted molar refractivity (Wildman–Crippen MR) is 125 cm³/mol. The zero-order valence-electron chi connectivity index (χ0n) is 17.3. The summed E-state index contributed by atoms with van der Waals surface area (Å²) in [6.45, 7) is 4.34. The summed E-state index contributed by atoms with van der Waals surface area (Å²) in [6.07, 6.45) is 3.77. The zero-order chi connectivity index (χ0) is 21.2. The van der Waals surface area contributed by atoms with Crippen molar-refractivity contribution in [3.05, 3.63) is 72.6 Å². The molecule has 0 bridgehead atoms. The Labute approximate surface area is 181 Å². The molecule has 4 aromatic rings. The van der Waals surface area contributed by atoms with Crippen molar-refractivity contribution in [2.24, 2.45) is 0 Å². The van der Waals surface area contributed by atoms with Crippen LogP contribution in [-0.4, -0.2) is 41.2 Å². The second kappa shape index (κ2) is 8.34. The van der Waals surface area contributed by atoms with Crippen molar-refractivity contribution in [1.29, 1.82) is 0 Å². The van der Waals surface area contributed by atoms with Gasteiger partial charge in [0.1, 0.15) is 0 Å². The van der Waals surface area contributed by atoms with Crippen molar-refractivity contribution in [2.45, 2.75) is 6.54 Å². The highest BCUT2D eigenvalue weighted by molar-refractivity contribution is 6.00. The molecule has 4 N–H and O–H groups in total. The van der Waals surface area contributed by atoms with Crippen molar-refractivity contribution in [2.75, 3.05) is 37.8 Å². The van der Waals surface area contributed by atoms with Gasteiger partial charge >= 0.3 is 0 Å². The van der Waals surface area contributed by atoms with Gasteiger partial charge in [-0.15, -0.1) is 0 Å². The van der Waals surface area contributed by atoms with Crippen LogP contribution in [0.1, 0.15) is 5.56 Å². The Morgan fingerprint density at radius 1 is 0.935 bits per heavy atom. The second-order valence-electron chi connectivity index (χ2n) is 7.86. The molecule has 0 amide bonds. The number of nitrogens with zero attached hydrogens (tertiary/aromatic N) is 3. The van der Waals surface area contributed by atoms with Crippen LogP contribution in [0.2, 0.25) is 0 Å². The number of benzene rings is 2. The zero-order valence-corrected chi connectivity index (χ0v) is 17.3. The molecule has 0 aliphatic carbocycles. The van der Waals surface area contributed by atoms with Crippen molar-refractivity contribution < 1.29 is 4.74 Å². The molecular formula is C25H25N5O. The number of fused-ring (bicyclic) bond motifs is 1. The molecule has 2 aromatic carbocycles. The third-order valence-electron chi connectivity index (χ3n) is 5.70. The molecule has 0 unspecified atom stereocenters. The van der Waals surface area contributed by atoms with Crippen molar-refractivity contribution in [1.82, 2.24) is 14.9 Å². The quantitative estimate of drug-likeness (QED) is 0.494. The van der Waals surface area contributed by atoms with Crippen LogP contribution >= 0.6 is 0 Å². The number of hydrogen-bond acceptors (Lipinski definition) is 6. The highest BCUT2D eigenvalue weighted by Gasteiger charge is 2.17. The standard InChI is InChI=1S/C25H25N5O/c26-20-4-1-3-18(14-20)21-5-2-6-22(27)23(21)25-24-19(7-8-28-25)13-17(15-29-24)16-30-9-11-31-12-10-30/h1-8,13-15H,9-12,16,26-27H2. The average molecular weight is 412 g/mol. The van der Waals surface area contributed by atoms with Gasteiger partial charge in [0.2, 0.25) is 0 Å². The van der Waals surface area contributed by atoms with Gasteiger partial charge in [0.05, 0.1) is 24.4 Å². The van der Waals surface area contributed by atoms with E-state index in [1.165, 1.54) is 5.56 Å². The van der Waals surface area contributed by atoms with Crippen LogP contribution in [-0.2, 0) is 11.3 Å². The molecule has 5 rings (SSSR count). The number of aromatic nitrogens is 2. The van der Waals surface area contributed by atoms with Gasteiger partial charge in [-0.25, -0.2) is 0 Å². The van der Waals surface area contributed by atoms with E-state index in [2.05, 4.69) is 11.0 Å². The topological polar surface area (TPSA) is 90.3 Å². The van der Waals surface area contributed by atoms with Crippen LogP contribution < -0.4 is 11.5 Å². The van der Waals surface area contributed by atoms with Crippen LogP contribution in [0.4, 0.5) is 11.4 Å². The van der Waals surface area contributed by atoms with Crippen molar-refractivity contribution in [3.8, 4) is 22.4 Å². The van der Waals surface area contributed by atoms with E-state index in [0.717, 1.165) is 66.1 Å². The van der Waals surface area contributed by atoms with Crippen LogP contribution in [0.25, 0.3) is 33.3 Å². The van der Waals surface area contributed by atoms with Crippen LogP contribution in [0, 0.1) is 0 Å². The molecule has 6 heteroatoms. The summed E-state index contributed by atoms with van der Waals surface area (Å²) in [5.41, 5.74) is 19.6. The van der Waals surface area contributed by atoms with E-state index in [1.54, 1.807) is 0 Å².